The monoisotopic (exact) mass is 334 g/mol. The van der Waals surface area contributed by atoms with Gasteiger partial charge < -0.3 is 9.80 Å². The Morgan fingerprint density at radius 3 is 2.52 bits per heavy atom. The lowest BCUT2D eigenvalue weighted by atomic mass is 9.99. The molecule has 0 saturated heterocycles. The van der Waals surface area contributed by atoms with Crippen LogP contribution < -0.4 is 4.90 Å². The third-order valence-corrected chi connectivity index (χ3v) is 5.24. The largest absolute Gasteiger partial charge is 0.334 e. The Morgan fingerprint density at radius 1 is 0.960 bits per heavy atom. The molecule has 2 heterocycles. The first-order valence-corrected chi connectivity index (χ1v) is 8.96. The Kier molecular flexibility index (Phi) is 4.04. The van der Waals surface area contributed by atoms with Gasteiger partial charge in [-0.2, -0.15) is 0 Å². The average Bonchev–Trinajstić information content (AvgIpc) is 3.09. The van der Waals surface area contributed by atoms with Crippen molar-refractivity contribution < 1.29 is 9.59 Å². The van der Waals surface area contributed by atoms with Crippen molar-refractivity contribution in [1.29, 1.82) is 0 Å². The van der Waals surface area contributed by atoms with Gasteiger partial charge in [0.2, 0.25) is 5.91 Å². The molecule has 0 aromatic heterocycles. The molecule has 0 radical (unpaired) electrons. The van der Waals surface area contributed by atoms with E-state index in [1.807, 2.05) is 41.0 Å². The summed E-state index contributed by atoms with van der Waals surface area (Å²) in [6, 6.07) is 14.1. The van der Waals surface area contributed by atoms with Crippen LogP contribution >= 0.6 is 0 Å². The maximum atomic E-state index is 12.9. The lowest BCUT2D eigenvalue weighted by molar-refractivity contribution is -0.118. The van der Waals surface area contributed by atoms with Crippen molar-refractivity contribution in [3.05, 3.63) is 64.7 Å². The number of benzene rings is 2. The quantitative estimate of drug-likeness (QED) is 0.846. The number of hydrogen-bond donors (Lipinski definition) is 0. The van der Waals surface area contributed by atoms with Crippen LogP contribution in [0.1, 0.15) is 40.4 Å². The van der Waals surface area contributed by atoms with Gasteiger partial charge in [0.1, 0.15) is 0 Å². The molecule has 2 amide bonds. The second-order valence-electron chi connectivity index (χ2n) is 6.74. The topological polar surface area (TPSA) is 40.6 Å². The minimum Gasteiger partial charge on any atom is -0.334 e. The third-order valence-electron chi connectivity index (χ3n) is 5.24. The van der Waals surface area contributed by atoms with Crippen LogP contribution in [0.2, 0.25) is 0 Å². The van der Waals surface area contributed by atoms with Gasteiger partial charge in [0.15, 0.2) is 0 Å². The van der Waals surface area contributed by atoms with E-state index in [1.165, 1.54) is 11.1 Å². The molecule has 4 rings (SSSR count). The zero-order valence-corrected chi connectivity index (χ0v) is 14.5. The second-order valence-corrected chi connectivity index (χ2v) is 6.74. The zero-order chi connectivity index (χ0) is 17.4. The first-order chi connectivity index (χ1) is 12.2. The van der Waals surface area contributed by atoms with Gasteiger partial charge in [0, 0.05) is 37.3 Å². The molecule has 25 heavy (non-hydrogen) atoms. The molecule has 2 aliphatic rings. The summed E-state index contributed by atoms with van der Waals surface area (Å²) in [7, 11) is 0. The van der Waals surface area contributed by atoms with Gasteiger partial charge in [-0.1, -0.05) is 31.2 Å². The summed E-state index contributed by atoms with van der Waals surface area (Å²) in [6.45, 7) is 4.03. The summed E-state index contributed by atoms with van der Waals surface area (Å²) >= 11 is 0. The lowest BCUT2D eigenvalue weighted by Gasteiger charge is -2.29. The van der Waals surface area contributed by atoms with E-state index < -0.39 is 0 Å². The Bertz CT molecular complexity index is 844. The molecule has 0 N–H and O–H groups in total. The molecule has 0 saturated carbocycles. The van der Waals surface area contributed by atoms with Crippen LogP contribution in [-0.2, 0) is 24.2 Å². The molecule has 0 spiro atoms. The second kappa shape index (κ2) is 6.36. The highest BCUT2D eigenvalue weighted by atomic mass is 16.2. The minimum atomic E-state index is 0.0811. The smallest absolute Gasteiger partial charge is 0.254 e. The van der Waals surface area contributed by atoms with Gasteiger partial charge in [-0.25, -0.2) is 0 Å². The van der Waals surface area contributed by atoms with Crippen molar-refractivity contribution in [3.63, 3.8) is 0 Å². The standard InChI is InChI=1S/C21H22N2O2/c1-2-20(24)23-12-10-16-13-17(7-8-19(16)23)21(25)22-11-9-15-5-3-4-6-18(15)14-22/h3-8,13H,2,9-12,14H2,1H3. The Balaban J connectivity index is 1.55. The van der Waals surface area contributed by atoms with Crippen LogP contribution in [0.4, 0.5) is 5.69 Å². The van der Waals surface area contributed by atoms with Crippen LogP contribution in [0.5, 0.6) is 0 Å². The van der Waals surface area contributed by atoms with E-state index in [4.69, 9.17) is 0 Å². The van der Waals surface area contributed by atoms with Crippen molar-refractivity contribution in [2.75, 3.05) is 18.0 Å². The number of amides is 2. The summed E-state index contributed by atoms with van der Waals surface area (Å²) in [4.78, 5) is 28.7. The highest BCUT2D eigenvalue weighted by Crippen LogP contribution is 2.30. The fraction of sp³-hybridized carbons (Fsp3) is 0.333. The van der Waals surface area contributed by atoms with Crippen LogP contribution in [0.3, 0.4) is 0 Å². The highest BCUT2D eigenvalue weighted by Gasteiger charge is 2.26. The summed E-state index contributed by atoms with van der Waals surface area (Å²) < 4.78 is 0. The van der Waals surface area contributed by atoms with Gasteiger partial charge in [-0.3, -0.25) is 9.59 Å². The number of hydrogen-bond acceptors (Lipinski definition) is 2. The Labute approximate surface area is 148 Å². The van der Waals surface area contributed by atoms with Crippen LogP contribution in [0.15, 0.2) is 42.5 Å². The van der Waals surface area contributed by atoms with Crippen molar-refractivity contribution in [2.24, 2.45) is 0 Å². The lowest BCUT2D eigenvalue weighted by Crippen LogP contribution is -2.36. The van der Waals surface area contributed by atoms with Gasteiger partial charge in [-0.05, 0) is 47.7 Å². The van der Waals surface area contributed by atoms with Gasteiger partial charge >= 0.3 is 0 Å². The van der Waals surface area contributed by atoms with Crippen LogP contribution in [0.25, 0.3) is 0 Å². The first kappa shape index (κ1) is 15.9. The van der Waals surface area contributed by atoms with Crippen molar-refractivity contribution in [2.45, 2.75) is 32.7 Å². The first-order valence-electron chi connectivity index (χ1n) is 8.96. The number of carbonyl (C=O) groups is 2. The minimum absolute atomic E-state index is 0.0811. The molecule has 0 unspecified atom stereocenters. The molecule has 4 heteroatoms. The zero-order valence-electron chi connectivity index (χ0n) is 14.5. The number of carbonyl (C=O) groups excluding carboxylic acids is 2. The fourth-order valence-corrected chi connectivity index (χ4v) is 3.84. The Hall–Kier alpha value is -2.62. The number of fused-ring (bicyclic) bond motifs is 2. The van der Waals surface area contributed by atoms with E-state index in [9.17, 15) is 9.59 Å². The summed E-state index contributed by atoms with van der Waals surface area (Å²) in [5.41, 5.74) is 5.37. The summed E-state index contributed by atoms with van der Waals surface area (Å²) in [5.74, 6) is 0.225. The molecule has 128 valence electrons. The van der Waals surface area contributed by atoms with E-state index in [-0.39, 0.29) is 11.8 Å². The van der Waals surface area contributed by atoms with Crippen LogP contribution in [-0.4, -0.2) is 29.8 Å². The SMILES string of the molecule is CCC(=O)N1CCc2cc(C(=O)N3CCc4ccccc4C3)ccc21. The highest BCUT2D eigenvalue weighted by molar-refractivity contribution is 5.98. The maximum Gasteiger partial charge on any atom is 0.254 e. The molecule has 2 aromatic rings. The third kappa shape index (κ3) is 2.82. The molecule has 0 bridgehead atoms. The number of anilines is 1. The van der Waals surface area contributed by atoms with Crippen molar-refractivity contribution >= 4 is 17.5 Å². The Morgan fingerprint density at radius 2 is 1.72 bits per heavy atom. The fourth-order valence-electron chi connectivity index (χ4n) is 3.84. The maximum absolute atomic E-state index is 12.9. The van der Waals surface area contributed by atoms with E-state index in [2.05, 4.69) is 18.2 Å². The average molecular weight is 334 g/mol. The van der Waals surface area contributed by atoms with Crippen LogP contribution in [0, 0.1) is 0 Å². The molecule has 2 aromatic carbocycles. The van der Waals surface area contributed by atoms with E-state index in [0.717, 1.165) is 42.7 Å². The normalized spacial score (nSPS) is 15.7. The summed E-state index contributed by atoms with van der Waals surface area (Å²) in [6.07, 6.45) is 2.24. The van der Waals surface area contributed by atoms with Gasteiger partial charge in [-0.15, -0.1) is 0 Å². The number of nitrogens with zero attached hydrogens (tertiary/aromatic N) is 2. The predicted octanol–water partition coefficient (Wildman–Crippen LogP) is 3.18. The van der Waals surface area contributed by atoms with E-state index in [1.54, 1.807) is 0 Å². The van der Waals surface area contributed by atoms with Gasteiger partial charge in [0.25, 0.3) is 5.91 Å². The molecule has 0 atom stereocenters. The molecule has 0 aliphatic carbocycles. The molecule has 0 fully saturated rings. The molecule has 4 nitrogen and oxygen atoms in total. The van der Waals surface area contributed by atoms with E-state index >= 15 is 0 Å². The molecule has 2 aliphatic heterocycles. The molecular formula is C21H22N2O2. The van der Waals surface area contributed by atoms with E-state index in [0.29, 0.717) is 13.0 Å². The molecular weight excluding hydrogens is 312 g/mol. The number of rotatable bonds is 2. The van der Waals surface area contributed by atoms with Gasteiger partial charge in [0.05, 0.1) is 0 Å². The van der Waals surface area contributed by atoms with Crippen molar-refractivity contribution in [1.82, 2.24) is 4.90 Å². The predicted molar refractivity (Wildman–Crippen MR) is 97.7 cm³/mol. The van der Waals surface area contributed by atoms with Crippen molar-refractivity contribution in [3.8, 4) is 0 Å². The summed E-state index contributed by atoms with van der Waals surface area (Å²) in [5, 5.41) is 0.